The van der Waals surface area contributed by atoms with E-state index in [1.165, 1.54) is 4.90 Å². The van der Waals surface area contributed by atoms with E-state index in [2.05, 4.69) is 4.98 Å². The second kappa shape index (κ2) is 5.48. The predicted octanol–water partition coefficient (Wildman–Crippen LogP) is 2.51. The molecule has 1 atom stereocenters. The number of carbonyl (C=O) groups is 2. The summed E-state index contributed by atoms with van der Waals surface area (Å²) in [5.74, 6) is -0.177. The van der Waals surface area contributed by atoms with Gasteiger partial charge in [0.25, 0.3) is 0 Å². The summed E-state index contributed by atoms with van der Waals surface area (Å²) >= 11 is 0. The number of carbonyl (C=O) groups excluding carboxylic acids is 2. The van der Waals surface area contributed by atoms with Crippen LogP contribution in [-0.2, 0) is 16.0 Å². The quantitative estimate of drug-likeness (QED) is 0.812. The molecule has 4 nitrogen and oxygen atoms in total. The van der Waals surface area contributed by atoms with Crippen molar-refractivity contribution in [3.63, 3.8) is 0 Å². The first-order valence-corrected chi connectivity index (χ1v) is 6.99. The molecule has 1 aromatic carbocycles. The summed E-state index contributed by atoms with van der Waals surface area (Å²) in [5, 5.41) is 0. The van der Waals surface area contributed by atoms with Gasteiger partial charge in [0.15, 0.2) is 0 Å². The highest BCUT2D eigenvalue weighted by Crippen LogP contribution is 2.27. The Kier molecular flexibility index (Phi) is 3.52. The van der Waals surface area contributed by atoms with Gasteiger partial charge in [-0.1, -0.05) is 36.4 Å². The maximum Gasteiger partial charge on any atom is 0.238 e. The minimum atomic E-state index is -0.290. The Morgan fingerprint density at radius 3 is 2.57 bits per heavy atom. The smallest absolute Gasteiger partial charge is 0.238 e. The number of aryl methyl sites for hydroxylation is 1. The number of amides is 2. The van der Waals surface area contributed by atoms with E-state index >= 15 is 0 Å². The van der Waals surface area contributed by atoms with Crippen LogP contribution >= 0.6 is 0 Å². The molecule has 0 radical (unpaired) electrons. The monoisotopic (exact) mass is 280 g/mol. The molecule has 0 aliphatic carbocycles. The van der Waals surface area contributed by atoms with Crippen molar-refractivity contribution in [3.05, 3.63) is 59.8 Å². The predicted molar refractivity (Wildman–Crippen MR) is 79.7 cm³/mol. The molecular weight excluding hydrogens is 264 g/mol. The first-order valence-electron chi connectivity index (χ1n) is 6.99. The zero-order valence-electron chi connectivity index (χ0n) is 11.8. The fraction of sp³-hybridized carbons (Fsp3) is 0.235. The van der Waals surface area contributed by atoms with E-state index in [1.807, 2.05) is 49.4 Å². The van der Waals surface area contributed by atoms with Gasteiger partial charge in [-0.2, -0.15) is 0 Å². The largest absolute Gasteiger partial charge is 0.274 e. The molecule has 0 unspecified atom stereocenters. The van der Waals surface area contributed by atoms with Crippen LogP contribution in [0, 0.1) is 12.8 Å². The SMILES string of the molecule is Cc1cccc(N2C(=O)C[C@H](Cc3ccccc3)C2=O)n1. The lowest BCUT2D eigenvalue weighted by Gasteiger charge is -2.14. The Morgan fingerprint density at radius 1 is 1.10 bits per heavy atom. The van der Waals surface area contributed by atoms with Gasteiger partial charge in [-0.3, -0.25) is 9.59 Å². The normalized spacial score (nSPS) is 18.3. The summed E-state index contributed by atoms with van der Waals surface area (Å²) in [7, 11) is 0. The van der Waals surface area contributed by atoms with E-state index in [4.69, 9.17) is 0 Å². The summed E-state index contributed by atoms with van der Waals surface area (Å²) < 4.78 is 0. The van der Waals surface area contributed by atoms with Crippen LogP contribution in [0.1, 0.15) is 17.7 Å². The average molecular weight is 280 g/mol. The van der Waals surface area contributed by atoms with Gasteiger partial charge in [-0.25, -0.2) is 9.88 Å². The third-order valence-corrected chi connectivity index (χ3v) is 3.67. The van der Waals surface area contributed by atoms with Crippen LogP contribution in [0.3, 0.4) is 0 Å². The maximum atomic E-state index is 12.5. The number of benzene rings is 1. The molecule has 106 valence electrons. The van der Waals surface area contributed by atoms with Crippen molar-refractivity contribution in [1.29, 1.82) is 0 Å². The summed E-state index contributed by atoms with van der Waals surface area (Å²) in [6, 6.07) is 15.1. The minimum Gasteiger partial charge on any atom is -0.274 e. The molecule has 0 spiro atoms. The van der Waals surface area contributed by atoms with E-state index in [1.54, 1.807) is 6.07 Å². The number of hydrogen-bond acceptors (Lipinski definition) is 3. The highest BCUT2D eigenvalue weighted by atomic mass is 16.2. The molecule has 0 saturated carbocycles. The fourth-order valence-electron chi connectivity index (χ4n) is 2.65. The number of nitrogens with zero attached hydrogens (tertiary/aromatic N) is 2. The van der Waals surface area contributed by atoms with Crippen LogP contribution in [0.25, 0.3) is 0 Å². The Balaban J connectivity index is 1.82. The second-order valence-electron chi connectivity index (χ2n) is 5.30. The van der Waals surface area contributed by atoms with Crippen molar-refractivity contribution in [3.8, 4) is 0 Å². The standard InChI is InChI=1S/C17H16N2O2/c1-12-6-5-9-15(18-12)19-16(20)11-14(17(19)21)10-13-7-3-2-4-8-13/h2-9,14H,10-11H2,1H3/t14-/m0/s1. The van der Waals surface area contributed by atoms with Gasteiger partial charge in [0.2, 0.25) is 11.8 Å². The Morgan fingerprint density at radius 2 is 1.86 bits per heavy atom. The lowest BCUT2D eigenvalue weighted by atomic mass is 9.98. The van der Waals surface area contributed by atoms with Crippen LogP contribution < -0.4 is 4.90 Å². The number of rotatable bonds is 3. The lowest BCUT2D eigenvalue weighted by molar-refractivity contribution is -0.122. The van der Waals surface area contributed by atoms with Gasteiger partial charge >= 0.3 is 0 Å². The van der Waals surface area contributed by atoms with E-state index in [-0.39, 0.29) is 24.2 Å². The molecule has 4 heteroatoms. The third-order valence-electron chi connectivity index (χ3n) is 3.67. The first-order chi connectivity index (χ1) is 10.1. The van der Waals surface area contributed by atoms with Gasteiger partial charge in [0, 0.05) is 12.1 Å². The highest BCUT2D eigenvalue weighted by Gasteiger charge is 2.39. The Bertz CT molecular complexity index is 682. The molecule has 1 fully saturated rings. The summed E-state index contributed by atoms with van der Waals surface area (Å²) in [4.78, 5) is 30.2. The first kappa shape index (κ1) is 13.5. The number of aromatic nitrogens is 1. The van der Waals surface area contributed by atoms with Crippen LogP contribution in [0.5, 0.6) is 0 Å². The zero-order valence-corrected chi connectivity index (χ0v) is 11.8. The summed E-state index contributed by atoms with van der Waals surface area (Å²) in [6.07, 6.45) is 0.844. The Labute approximate surface area is 123 Å². The molecular formula is C17H16N2O2. The number of hydrogen-bond donors (Lipinski definition) is 0. The summed E-state index contributed by atoms with van der Waals surface area (Å²) in [6.45, 7) is 1.84. The molecule has 3 rings (SSSR count). The van der Waals surface area contributed by atoms with E-state index in [0.717, 1.165) is 11.3 Å². The summed E-state index contributed by atoms with van der Waals surface area (Å²) in [5.41, 5.74) is 1.86. The second-order valence-corrected chi connectivity index (χ2v) is 5.30. The van der Waals surface area contributed by atoms with Gasteiger partial charge in [0.1, 0.15) is 5.82 Å². The molecule has 0 bridgehead atoms. The zero-order chi connectivity index (χ0) is 14.8. The number of anilines is 1. The van der Waals surface area contributed by atoms with Crippen LogP contribution in [0.2, 0.25) is 0 Å². The van der Waals surface area contributed by atoms with E-state index in [0.29, 0.717) is 12.2 Å². The molecule has 1 aliphatic heterocycles. The molecule has 1 saturated heterocycles. The van der Waals surface area contributed by atoms with Crippen molar-refractivity contribution in [2.24, 2.45) is 5.92 Å². The van der Waals surface area contributed by atoms with Gasteiger partial charge in [-0.15, -0.1) is 0 Å². The molecule has 2 heterocycles. The van der Waals surface area contributed by atoms with E-state index in [9.17, 15) is 9.59 Å². The molecule has 1 aliphatic rings. The van der Waals surface area contributed by atoms with Crippen molar-refractivity contribution in [2.75, 3.05) is 4.90 Å². The average Bonchev–Trinajstić information content (AvgIpc) is 2.74. The van der Waals surface area contributed by atoms with Crippen LogP contribution in [0.15, 0.2) is 48.5 Å². The Hall–Kier alpha value is -2.49. The van der Waals surface area contributed by atoms with Crippen LogP contribution in [-0.4, -0.2) is 16.8 Å². The van der Waals surface area contributed by atoms with Crippen molar-refractivity contribution >= 4 is 17.6 Å². The van der Waals surface area contributed by atoms with Crippen molar-refractivity contribution < 1.29 is 9.59 Å². The van der Waals surface area contributed by atoms with E-state index < -0.39 is 0 Å². The maximum absolute atomic E-state index is 12.5. The van der Waals surface area contributed by atoms with Crippen molar-refractivity contribution in [1.82, 2.24) is 4.98 Å². The molecule has 21 heavy (non-hydrogen) atoms. The van der Waals surface area contributed by atoms with Gasteiger partial charge < -0.3 is 0 Å². The molecule has 0 N–H and O–H groups in total. The minimum absolute atomic E-state index is 0.151. The topological polar surface area (TPSA) is 50.3 Å². The van der Waals surface area contributed by atoms with Gasteiger partial charge in [0.05, 0.1) is 5.92 Å². The lowest BCUT2D eigenvalue weighted by Crippen LogP contribution is -2.31. The fourth-order valence-corrected chi connectivity index (χ4v) is 2.65. The number of pyridine rings is 1. The van der Waals surface area contributed by atoms with Crippen molar-refractivity contribution in [2.45, 2.75) is 19.8 Å². The molecule has 2 amide bonds. The number of imide groups is 1. The van der Waals surface area contributed by atoms with Gasteiger partial charge in [-0.05, 0) is 31.0 Å². The highest BCUT2D eigenvalue weighted by molar-refractivity contribution is 6.20. The van der Waals surface area contributed by atoms with Crippen LogP contribution in [0.4, 0.5) is 5.82 Å². The molecule has 2 aromatic rings. The third kappa shape index (κ3) is 2.70. The molecule has 1 aromatic heterocycles.